The van der Waals surface area contributed by atoms with Crippen molar-refractivity contribution >= 4 is 49.5 Å². The molecule has 0 aliphatic heterocycles. The van der Waals surface area contributed by atoms with Crippen molar-refractivity contribution in [2.24, 2.45) is 4.99 Å². The number of halogens is 2. The standard InChI is InChI=1S/C26H22BrClN2O3S/c1-19-5-7-20(8-6-19)17-30(34(31,32)26-13-9-22(28)10-14-26)18-25-12-11-24(33-25)16-29-23-4-2-3-21(27)15-23/h2-16H,17-18H2,1H3. The second-order valence-electron chi connectivity index (χ2n) is 7.75. The van der Waals surface area contributed by atoms with E-state index in [9.17, 15) is 8.42 Å². The van der Waals surface area contributed by atoms with Crippen LogP contribution < -0.4 is 0 Å². The lowest BCUT2D eigenvalue weighted by Gasteiger charge is -2.21. The predicted octanol–water partition coefficient (Wildman–Crippen LogP) is 7.15. The molecule has 34 heavy (non-hydrogen) atoms. The van der Waals surface area contributed by atoms with Crippen LogP contribution in [0.2, 0.25) is 5.02 Å². The maximum atomic E-state index is 13.5. The van der Waals surface area contributed by atoms with Gasteiger partial charge in [0, 0.05) is 16.0 Å². The van der Waals surface area contributed by atoms with Gasteiger partial charge in [-0.05, 0) is 67.1 Å². The molecular weight excluding hydrogens is 536 g/mol. The Balaban J connectivity index is 1.59. The van der Waals surface area contributed by atoms with E-state index < -0.39 is 10.0 Å². The molecule has 0 bridgehead atoms. The number of hydrogen-bond acceptors (Lipinski definition) is 4. The lowest BCUT2D eigenvalue weighted by atomic mass is 10.1. The Morgan fingerprint density at radius 1 is 0.971 bits per heavy atom. The first-order valence-electron chi connectivity index (χ1n) is 10.5. The minimum absolute atomic E-state index is 0.0730. The van der Waals surface area contributed by atoms with E-state index in [1.54, 1.807) is 30.5 Å². The highest BCUT2D eigenvalue weighted by atomic mass is 79.9. The Kier molecular flexibility index (Phi) is 7.68. The molecule has 3 aromatic carbocycles. The molecule has 0 amide bonds. The largest absolute Gasteiger partial charge is 0.459 e. The molecule has 0 atom stereocenters. The van der Waals surface area contributed by atoms with E-state index in [2.05, 4.69) is 20.9 Å². The fourth-order valence-corrected chi connectivity index (χ4v) is 5.20. The summed E-state index contributed by atoms with van der Waals surface area (Å²) >= 11 is 9.39. The molecule has 4 aromatic rings. The first kappa shape index (κ1) is 24.4. The number of sulfonamides is 1. The van der Waals surface area contributed by atoms with Crippen LogP contribution in [0.4, 0.5) is 5.69 Å². The lowest BCUT2D eigenvalue weighted by Crippen LogP contribution is -2.30. The summed E-state index contributed by atoms with van der Waals surface area (Å²) in [7, 11) is -3.80. The average molecular weight is 558 g/mol. The van der Waals surface area contributed by atoms with E-state index in [0.717, 1.165) is 21.3 Å². The minimum atomic E-state index is -3.80. The Hall–Kier alpha value is -2.71. The van der Waals surface area contributed by atoms with Gasteiger partial charge in [-0.2, -0.15) is 4.31 Å². The average Bonchev–Trinajstić information content (AvgIpc) is 3.26. The molecule has 0 fully saturated rings. The molecule has 8 heteroatoms. The summed E-state index contributed by atoms with van der Waals surface area (Å²) in [5.74, 6) is 1.05. The quantitative estimate of drug-likeness (QED) is 0.216. The molecule has 1 aromatic heterocycles. The van der Waals surface area contributed by atoms with Crippen LogP contribution in [-0.4, -0.2) is 18.9 Å². The molecule has 0 saturated heterocycles. The monoisotopic (exact) mass is 556 g/mol. The number of furan rings is 1. The zero-order chi connectivity index (χ0) is 24.1. The summed E-state index contributed by atoms with van der Waals surface area (Å²) in [5.41, 5.74) is 2.76. The molecule has 0 spiro atoms. The van der Waals surface area contributed by atoms with Crippen molar-refractivity contribution in [1.29, 1.82) is 0 Å². The zero-order valence-corrected chi connectivity index (χ0v) is 21.5. The molecule has 174 valence electrons. The number of aliphatic imine (C=N–C) groups is 1. The van der Waals surface area contributed by atoms with Gasteiger partial charge >= 0.3 is 0 Å². The fraction of sp³-hybridized carbons (Fsp3) is 0.115. The van der Waals surface area contributed by atoms with Gasteiger partial charge in [0.2, 0.25) is 10.0 Å². The van der Waals surface area contributed by atoms with Crippen LogP contribution in [0.1, 0.15) is 22.6 Å². The van der Waals surface area contributed by atoms with Crippen LogP contribution in [-0.2, 0) is 23.1 Å². The van der Waals surface area contributed by atoms with E-state index in [-0.39, 0.29) is 18.0 Å². The third kappa shape index (κ3) is 6.24. The van der Waals surface area contributed by atoms with Gasteiger partial charge in [0.25, 0.3) is 0 Å². The Morgan fingerprint density at radius 3 is 2.41 bits per heavy atom. The third-order valence-electron chi connectivity index (χ3n) is 5.09. The van der Waals surface area contributed by atoms with Gasteiger partial charge in [-0.1, -0.05) is 63.4 Å². The topological polar surface area (TPSA) is 62.9 Å². The maximum absolute atomic E-state index is 13.5. The Bertz CT molecular complexity index is 1400. The van der Waals surface area contributed by atoms with Gasteiger partial charge in [-0.3, -0.25) is 4.99 Å². The summed E-state index contributed by atoms with van der Waals surface area (Å²) in [6.45, 7) is 2.27. The SMILES string of the molecule is Cc1ccc(CN(Cc2ccc(C=Nc3cccc(Br)c3)o2)S(=O)(=O)c2ccc(Cl)cc2)cc1. The van der Waals surface area contributed by atoms with Crippen molar-refractivity contribution in [2.45, 2.75) is 24.9 Å². The van der Waals surface area contributed by atoms with Crippen molar-refractivity contribution in [3.8, 4) is 0 Å². The van der Waals surface area contributed by atoms with Gasteiger partial charge in [0.1, 0.15) is 11.5 Å². The van der Waals surface area contributed by atoms with Crippen molar-refractivity contribution in [2.75, 3.05) is 0 Å². The fourth-order valence-electron chi connectivity index (χ4n) is 3.30. The van der Waals surface area contributed by atoms with Crippen LogP contribution >= 0.6 is 27.5 Å². The molecule has 4 rings (SSSR count). The van der Waals surface area contributed by atoms with Gasteiger partial charge in [0.05, 0.1) is 23.3 Å². The first-order chi connectivity index (χ1) is 16.3. The number of nitrogens with zero attached hydrogens (tertiary/aromatic N) is 2. The highest BCUT2D eigenvalue weighted by Gasteiger charge is 2.26. The van der Waals surface area contributed by atoms with Crippen molar-refractivity contribution < 1.29 is 12.8 Å². The molecule has 1 heterocycles. The van der Waals surface area contributed by atoms with E-state index in [1.165, 1.54) is 16.4 Å². The Morgan fingerprint density at radius 2 is 1.71 bits per heavy atom. The van der Waals surface area contributed by atoms with Crippen LogP contribution in [0.15, 0.2) is 104 Å². The van der Waals surface area contributed by atoms with Crippen molar-refractivity contribution in [3.05, 3.63) is 117 Å². The predicted molar refractivity (Wildman–Crippen MR) is 139 cm³/mol. The van der Waals surface area contributed by atoms with Gasteiger partial charge < -0.3 is 4.42 Å². The molecule has 5 nitrogen and oxygen atoms in total. The van der Waals surface area contributed by atoms with Gasteiger partial charge in [-0.15, -0.1) is 0 Å². The zero-order valence-electron chi connectivity index (χ0n) is 18.4. The van der Waals surface area contributed by atoms with E-state index in [1.807, 2.05) is 55.5 Å². The molecule has 0 radical (unpaired) electrons. The first-order valence-corrected chi connectivity index (χ1v) is 13.1. The number of aryl methyl sites for hydroxylation is 1. The van der Waals surface area contributed by atoms with Crippen LogP contribution in [0, 0.1) is 6.92 Å². The smallest absolute Gasteiger partial charge is 0.243 e. The maximum Gasteiger partial charge on any atom is 0.243 e. The second-order valence-corrected chi connectivity index (χ2v) is 11.0. The molecule has 0 unspecified atom stereocenters. The van der Waals surface area contributed by atoms with Crippen molar-refractivity contribution in [1.82, 2.24) is 4.31 Å². The summed E-state index contributed by atoms with van der Waals surface area (Å²) in [6, 6.07) is 25.1. The summed E-state index contributed by atoms with van der Waals surface area (Å²) in [4.78, 5) is 4.59. The Labute approximate surface area is 212 Å². The van der Waals surface area contributed by atoms with Crippen LogP contribution in [0.25, 0.3) is 0 Å². The van der Waals surface area contributed by atoms with Crippen LogP contribution in [0.3, 0.4) is 0 Å². The summed E-state index contributed by atoms with van der Waals surface area (Å²) in [6.07, 6.45) is 1.61. The normalized spacial score (nSPS) is 12.0. The van der Waals surface area contributed by atoms with E-state index in [4.69, 9.17) is 16.0 Å². The summed E-state index contributed by atoms with van der Waals surface area (Å²) < 4.78 is 35.2. The summed E-state index contributed by atoms with van der Waals surface area (Å²) in [5, 5.41) is 0.476. The van der Waals surface area contributed by atoms with E-state index in [0.29, 0.717) is 16.5 Å². The van der Waals surface area contributed by atoms with Gasteiger partial charge in [0.15, 0.2) is 0 Å². The van der Waals surface area contributed by atoms with E-state index >= 15 is 0 Å². The van der Waals surface area contributed by atoms with Crippen LogP contribution in [0.5, 0.6) is 0 Å². The molecule has 0 aliphatic carbocycles. The van der Waals surface area contributed by atoms with Gasteiger partial charge in [-0.25, -0.2) is 8.42 Å². The third-order valence-corrected chi connectivity index (χ3v) is 7.65. The number of rotatable bonds is 8. The molecular formula is C26H22BrClN2O3S. The van der Waals surface area contributed by atoms with Crippen molar-refractivity contribution in [3.63, 3.8) is 0 Å². The lowest BCUT2D eigenvalue weighted by molar-refractivity contribution is 0.357. The highest BCUT2D eigenvalue weighted by molar-refractivity contribution is 9.10. The number of benzene rings is 3. The molecule has 0 saturated carbocycles. The minimum Gasteiger partial charge on any atom is -0.459 e. The molecule has 0 aliphatic rings. The highest BCUT2D eigenvalue weighted by Crippen LogP contribution is 2.24. The molecule has 0 N–H and O–H groups in total. The number of hydrogen-bond donors (Lipinski definition) is 0. The second kappa shape index (κ2) is 10.7.